The summed E-state index contributed by atoms with van der Waals surface area (Å²) in [5, 5.41) is 0. The van der Waals surface area contributed by atoms with Gasteiger partial charge in [-0.3, -0.25) is 9.88 Å². The lowest BCUT2D eigenvalue weighted by atomic mass is 10.2. The van der Waals surface area contributed by atoms with Crippen molar-refractivity contribution in [2.75, 3.05) is 33.9 Å². The van der Waals surface area contributed by atoms with Crippen LogP contribution < -0.4 is 4.74 Å². The minimum atomic E-state index is 0.135. The number of rotatable bonds is 8. The molecule has 1 aromatic heterocycles. The van der Waals surface area contributed by atoms with Crippen LogP contribution in [-0.2, 0) is 4.74 Å². The zero-order valence-electron chi connectivity index (χ0n) is 12.6. The van der Waals surface area contributed by atoms with Crippen molar-refractivity contribution in [1.82, 2.24) is 9.88 Å². The molecule has 2 rings (SSSR count). The lowest BCUT2D eigenvalue weighted by Gasteiger charge is -2.27. The summed E-state index contributed by atoms with van der Waals surface area (Å²) in [5.74, 6) is 0.895. The number of likely N-dealkylation sites (N-methyl/N-ethyl adjacent to an activating group) is 1. The normalized spacial score (nSPS) is 12.3. The molecule has 1 heterocycles. The monoisotopic (exact) mass is 286 g/mol. The van der Waals surface area contributed by atoms with Gasteiger partial charge in [-0.05, 0) is 31.3 Å². The first kappa shape index (κ1) is 15.5. The van der Waals surface area contributed by atoms with Gasteiger partial charge in [0.05, 0.1) is 18.3 Å². The number of nitrogens with zero attached hydrogens (tertiary/aromatic N) is 2. The van der Waals surface area contributed by atoms with Crippen molar-refractivity contribution in [3.63, 3.8) is 0 Å². The van der Waals surface area contributed by atoms with E-state index in [-0.39, 0.29) is 6.04 Å². The summed E-state index contributed by atoms with van der Waals surface area (Å²) < 4.78 is 11.1. The molecule has 4 heteroatoms. The highest BCUT2D eigenvalue weighted by Crippen LogP contribution is 2.17. The minimum Gasteiger partial charge on any atom is -0.492 e. The van der Waals surface area contributed by atoms with E-state index in [1.807, 2.05) is 54.7 Å². The lowest BCUT2D eigenvalue weighted by Crippen LogP contribution is -2.32. The standard InChI is InChI=1S/C17H22N2O2/c1-19(12-13-21-15-8-4-3-5-9-15)17(14-20-2)16-10-6-7-11-18-16/h3-11,17H,12-14H2,1-2H3/t17-/m0/s1. The molecule has 0 bridgehead atoms. The summed E-state index contributed by atoms with van der Waals surface area (Å²) in [6.07, 6.45) is 1.81. The van der Waals surface area contributed by atoms with E-state index in [9.17, 15) is 0 Å². The van der Waals surface area contributed by atoms with E-state index in [4.69, 9.17) is 9.47 Å². The van der Waals surface area contributed by atoms with Crippen LogP contribution in [0.4, 0.5) is 0 Å². The van der Waals surface area contributed by atoms with Crippen LogP contribution >= 0.6 is 0 Å². The molecule has 112 valence electrons. The highest BCUT2D eigenvalue weighted by atomic mass is 16.5. The molecule has 21 heavy (non-hydrogen) atoms. The molecule has 0 N–H and O–H groups in total. The molecule has 1 atom stereocenters. The van der Waals surface area contributed by atoms with Crippen LogP contribution in [0.25, 0.3) is 0 Å². The Morgan fingerprint density at radius 3 is 2.52 bits per heavy atom. The predicted molar refractivity (Wildman–Crippen MR) is 83.4 cm³/mol. The van der Waals surface area contributed by atoms with Gasteiger partial charge in [0.25, 0.3) is 0 Å². The topological polar surface area (TPSA) is 34.6 Å². The Bertz CT molecular complexity index is 505. The highest BCUT2D eigenvalue weighted by molar-refractivity contribution is 5.20. The largest absolute Gasteiger partial charge is 0.492 e. The van der Waals surface area contributed by atoms with E-state index >= 15 is 0 Å². The van der Waals surface area contributed by atoms with E-state index in [0.717, 1.165) is 18.0 Å². The van der Waals surface area contributed by atoms with Gasteiger partial charge < -0.3 is 9.47 Å². The zero-order chi connectivity index (χ0) is 14.9. The summed E-state index contributed by atoms with van der Waals surface area (Å²) in [6, 6.07) is 15.9. The Morgan fingerprint density at radius 2 is 1.86 bits per heavy atom. The van der Waals surface area contributed by atoms with Crippen molar-refractivity contribution >= 4 is 0 Å². The maximum atomic E-state index is 5.74. The van der Waals surface area contributed by atoms with Gasteiger partial charge in [-0.25, -0.2) is 0 Å². The first-order chi connectivity index (χ1) is 10.3. The molecule has 1 aromatic carbocycles. The van der Waals surface area contributed by atoms with Crippen LogP contribution in [0.3, 0.4) is 0 Å². The molecule has 0 radical (unpaired) electrons. The number of hydrogen-bond donors (Lipinski definition) is 0. The maximum Gasteiger partial charge on any atom is 0.119 e. The number of para-hydroxylation sites is 1. The average molecular weight is 286 g/mol. The molecule has 0 unspecified atom stereocenters. The minimum absolute atomic E-state index is 0.135. The third-order valence-electron chi connectivity index (χ3n) is 3.34. The van der Waals surface area contributed by atoms with E-state index < -0.39 is 0 Å². The van der Waals surface area contributed by atoms with Crippen molar-refractivity contribution in [3.8, 4) is 5.75 Å². The fourth-order valence-electron chi connectivity index (χ4n) is 2.15. The summed E-state index contributed by atoms with van der Waals surface area (Å²) in [7, 11) is 3.77. The van der Waals surface area contributed by atoms with Gasteiger partial charge in [0, 0.05) is 19.9 Å². The fraction of sp³-hybridized carbons (Fsp3) is 0.353. The van der Waals surface area contributed by atoms with Gasteiger partial charge in [0.15, 0.2) is 0 Å². The number of benzene rings is 1. The molecule has 0 spiro atoms. The van der Waals surface area contributed by atoms with Crippen LogP contribution in [0.5, 0.6) is 5.75 Å². The molecule has 0 saturated heterocycles. The number of pyridine rings is 1. The first-order valence-electron chi connectivity index (χ1n) is 7.09. The molecule has 2 aromatic rings. The van der Waals surface area contributed by atoms with E-state index in [1.54, 1.807) is 7.11 Å². The summed E-state index contributed by atoms with van der Waals surface area (Å²) in [6.45, 7) is 2.05. The molecule has 0 amide bonds. The van der Waals surface area contributed by atoms with Gasteiger partial charge in [-0.2, -0.15) is 0 Å². The number of methoxy groups -OCH3 is 1. The van der Waals surface area contributed by atoms with E-state index in [1.165, 1.54) is 0 Å². The quantitative estimate of drug-likeness (QED) is 0.747. The van der Waals surface area contributed by atoms with Crippen molar-refractivity contribution < 1.29 is 9.47 Å². The molecule has 0 aliphatic rings. The van der Waals surface area contributed by atoms with Gasteiger partial charge in [-0.15, -0.1) is 0 Å². The Hall–Kier alpha value is -1.91. The lowest BCUT2D eigenvalue weighted by molar-refractivity contribution is 0.0943. The third-order valence-corrected chi connectivity index (χ3v) is 3.34. The molecule has 0 aliphatic heterocycles. The summed E-state index contributed by atoms with van der Waals surface area (Å²) in [5.41, 5.74) is 1.02. The average Bonchev–Trinajstić information content (AvgIpc) is 2.54. The smallest absolute Gasteiger partial charge is 0.119 e. The third kappa shape index (κ3) is 4.85. The van der Waals surface area contributed by atoms with Crippen LogP contribution in [0.2, 0.25) is 0 Å². The van der Waals surface area contributed by atoms with Crippen LogP contribution in [0, 0.1) is 0 Å². The van der Waals surface area contributed by atoms with Crippen LogP contribution in [0.15, 0.2) is 54.7 Å². The van der Waals surface area contributed by atoms with Gasteiger partial charge in [0.1, 0.15) is 12.4 Å². The summed E-state index contributed by atoms with van der Waals surface area (Å²) in [4.78, 5) is 6.63. The summed E-state index contributed by atoms with van der Waals surface area (Å²) >= 11 is 0. The van der Waals surface area contributed by atoms with Gasteiger partial charge in [-0.1, -0.05) is 24.3 Å². The maximum absolute atomic E-state index is 5.74. The van der Waals surface area contributed by atoms with Gasteiger partial charge >= 0.3 is 0 Å². The van der Waals surface area contributed by atoms with Crippen molar-refractivity contribution in [3.05, 3.63) is 60.4 Å². The van der Waals surface area contributed by atoms with Crippen LogP contribution in [0.1, 0.15) is 11.7 Å². The molecule has 0 fully saturated rings. The number of aromatic nitrogens is 1. The van der Waals surface area contributed by atoms with Crippen molar-refractivity contribution in [2.45, 2.75) is 6.04 Å². The second-order valence-electron chi connectivity index (χ2n) is 4.87. The Morgan fingerprint density at radius 1 is 1.10 bits per heavy atom. The van der Waals surface area contributed by atoms with Crippen molar-refractivity contribution in [1.29, 1.82) is 0 Å². The predicted octanol–water partition coefficient (Wildman–Crippen LogP) is 2.78. The fourth-order valence-corrected chi connectivity index (χ4v) is 2.15. The second-order valence-corrected chi connectivity index (χ2v) is 4.87. The molecule has 0 saturated carbocycles. The van der Waals surface area contributed by atoms with Crippen LogP contribution in [-0.4, -0.2) is 43.8 Å². The Kier molecular flexibility index (Phi) is 6.19. The molecule has 0 aliphatic carbocycles. The Labute approximate surface area is 126 Å². The molecular weight excluding hydrogens is 264 g/mol. The van der Waals surface area contributed by atoms with E-state index in [0.29, 0.717) is 13.2 Å². The van der Waals surface area contributed by atoms with E-state index in [2.05, 4.69) is 16.9 Å². The first-order valence-corrected chi connectivity index (χ1v) is 7.09. The zero-order valence-corrected chi connectivity index (χ0v) is 12.6. The van der Waals surface area contributed by atoms with Crippen molar-refractivity contribution in [2.24, 2.45) is 0 Å². The molecule has 4 nitrogen and oxygen atoms in total. The molecular formula is C17H22N2O2. The van der Waals surface area contributed by atoms with Gasteiger partial charge in [0.2, 0.25) is 0 Å². The highest BCUT2D eigenvalue weighted by Gasteiger charge is 2.17. The Balaban J connectivity index is 1.88. The number of ether oxygens (including phenoxy) is 2. The number of hydrogen-bond acceptors (Lipinski definition) is 4. The second kappa shape index (κ2) is 8.39. The SMILES string of the molecule is COC[C@@H](c1ccccn1)N(C)CCOc1ccccc1.